The molecule has 5 heteroatoms. The van der Waals surface area contributed by atoms with E-state index in [1.165, 1.54) is 16.4 Å². The van der Waals surface area contributed by atoms with Gasteiger partial charge >= 0.3 is 11.4 Å². The summed E-state index contributed by atoms with van der Waals surface area (Å²) in [5.41, 5.74) is 0.954. The molecule has 2 aromatic rings. The standard InChI is InChI=1S/C16H17N3O2/c1-11-16(3,10-13-8-6-5-7-9-13)12(2)19-15(21)17(4)14(20)18(11)19/h5-9H,1-2,10H2,3-4H3. The van der Waals surface area contributed by atoms with Crippen LogP contribution in [0.5, 0.6) is 0 Å². The lowest BCUT2D eigenvalue weighted by atomic mass is 9.79. The molecule has 2 heterocycles. The molecule has 0 spiro atoms. The highest BCUT2D eigenvalue weighted by atomic mass is 16.2. The van der Waals surface area contributed by atoms with E-state index in [9.17, 15) is 9.59 Å². The first kappa shape index (κ1) is 13.4. The van der Waals surface area contributed by atoms with Gasteiger partial charge in [0.25, 0.3) is 0 Å². The molecule has 0 aliphatic carbocycles. The van der Waals surface area contributed by atoms with E-state index in [0.29, 0.717) is 17.8 Å². The first-order chi connectivity index (χ1) is 9.88. The molecular formula is C16H17N3O2. The zero-order valence-electron chi connectivity index (χ0n) is 12.2. The van der Waals surface area contributed by atoms with E-state index in [2.05, 4.69) is 13.2 Å². The fraction of sp³-hybridized carbons (Fsp3) is 0.250. The average molecular weight is 283 g/mol. The lowest BCUT2D eigenvalue weighted by Gasteiger charge is -2.25. The molecule has 21 heavy (non-hydrogen) atoms. The topological polar surface area (TPSA) is 48.9 Å². The predicted octanol–water partition coefficient (Wildman–Crippen LogP) is 1.55. The summed E-state index contributed by atoms with van der Waals surface area (Å²) >= 11 is 0. The molecule has 1 aliphatic rings. The van der Waals surface area contributed by atoms with Crippen molar-refractivity contribution in [3.63, 3.8) is 0 Å². The molecule has 0 unspecified atom stereocenters. The number of hydrogen-bond acceptors (Lipinski definition) is 2. The van der Waals surface area contributed by atoms with Crippen LogP contribution in [0.1, 0.15) is 12.5 Å². The number of allylic oxidation sites excluding steroid dienone is 2. The zero-order chi connectivity index (χ0) is 15.4. The number of nitrogens with zero attached hydrogens (tertiary/aromatic N) is 3. The molecule has 5 nitrogen and oxygen atoms in total. The highest BCUT2D eigenvalue weighted by Crippen LogP contribution is 2.45. The summed E-state index contributed by atoms with van der Waals surface area (Å²) in [5.74, 6) is 0. The van der Waals surface area contributed by atoms with Gasteiger partial charge in [-0.15, -0.1) is 0 Å². The molecule has 1 aromatic heterocycles. The fourth-order valence-corrected chi connectivity index (χ4v) is 2.85. The van der Waals surface area contributed by atoms with Crippen LogP contribution < -0.4 is 11.4 Å². The van der Waals surface area contributed by atoms with Crippen LogP contribution in [0, 0.1) is 5.41 Å². The number of aromatic nitrogens is 3. The zero-order valence-corrected chi connectivity index (χ0v) is 12.2. The van der Waals surface area contributed by atoms with E-state index in [4.69, 9.17) is 0 Å². The SMILES string of the molecule is C=C1n2c(=O)n(C)c(=O)n2C(=C)C1(C)Cc1ccccc1. The van der Waals surface area contributed by atoms with Crippen molar-refractivity contribution in [3.8, 4) is 0 Å². The van der Waals surface area contributed by atoms with Crippen molar-refractivity contribution in [2.75, 3.05) is 0 Å². The first-order valence-electron chi connectivity index (χ1n) is 6.72. The second-order valence-corrected chi connectivity index (χ2v) is 5.64. The van der Waals surface area contributed by atoms with Gasteiger partial charge in [-0.05, 0) is 18.9 Å². The fourth-order valence-electron chi connectivity index (χ4n) is 2.85. The molecule has 0 amide bonds. The van der Waals surface area contributed by atoms with Crippen LogP contribution in [0.15, 0.2) is 53.1 Å². The van der Waals surface area contributed by atoms with E-state index in [0.717, 1.165) is 10.1 Å². The third-order valence-electron chi connectivity index (χ3n) is 4.32. The predicted molar refractivity (Wildman–Crippen MR) is 82.8 cm³/mol. The lowest BCUT2D eigenvalue weighted by Crippen LogP contribution is -2.31. The van der Waals surface area contributed by atoms with Gasteiger partial charge in [-0.3, -0.25) is 0 Å². The van der Waals surface area contributed by atoms with Crippen LogP contribution in [-0.2, 0) is 13.5 Å². The van der Waals surface area contributed by atoms with Gasteiger partial charge in [-0.25, -0.2) is 14.2 Å². The lowest BCUT2D eigenvalue weighted by molar-refractivity contribution is 0.580. The molecule has 0 saturated heterocycles. The molecule has 108 valence electrons. The van der Waals surface area contributed by atoms with Gasteiger partial charge in [0.15, 0.2) is 0 Å². The van der Waals surface area contributed by atoms with Crippen LogP contribution in [0.4, 0.5) is 0 Å². The van der Waals surface area contributed by atoms with E-state index in [-0.39, 0.29) is 11.4 Å². The first-order valence-corrected chi connectivity index (χ1v) is 6.72. The summed E-state index contributed by atoms with van der Waals surface area (Å²) in [5, 5.41) is 0. The van der Waals surface area contributed by atoms with Crippen LogP contribution in [0.25, 0.3) is 11.4 Å². The van der Waals surface area contributed by atoms with E-state index in [1.54, 1.807) is 0 Å². The summed E-state index contributed by atoms with van der Waals surface area (Å²) in [6, 6.07) is 9.91. The van der Waals surface area contributed by atoms with Crippen molar-refractivity contribution in [1.82, 2.24) is 13.9 Å². The number of benzene rings is 1. The normalized spacial score (nSPS) is 16.3. The Balaban J connectivity index is 2.14. The Morgan fingerprint density at radius 2 is 1.48 bits per heavy atom. The smallest absolute Gasteiger partial charge is 0.246 e. The summed E-state index contributed by atoms with van der Waals surface area (Å²) in [6.45, 7) is 10.0. The minimum Gasteiger partial charge on any atom is -0.246 e. The quantitative estimate of drug-likeness (QED) is 0.839. The minimum absolute atomic E-state index is 0.386. The van der Waals surface area contributed by atoms with Gasteiger partial charge in [0.2, 0.25) is 0 Å². The van der Waals surface area contributed by atoms with Crippen molar-refractivity contribution in [3.05, 3.63) is 70.0 Å². The van der Waals surface area contributed by atoms with Gasteiger partial charge in [0, 0.05) is 7.05 Å². The van der Waals surface area contributed by atoms with Crippen molar-refractivity contribution in [1.29, 1.82) is 0 Å². The van der Waals surface area contributed by atoms with Gasteiger partial charge in [0.1, 0.15) is 0 Å². The van der Waals surface area contributed by atoms with Gasteiger partial charge in [-0.2, -0.15) is 9.36 Å². The van der Waals surface area contributed by atoms with E-state index in [1.807, 2.05) is 37.3 Å². The second kappa shape index (κ2) is 4.22. The van der Waals surface area contributed by atoms with Crippen LogP contribution >= 0.6 is 0 Å². The average Bonchev–Trinajstić information content (AvgIpc) is 2.81. The molecule has 0 atom stereocenters. The van der Waals surface area contributed by atoms with E-state index >= 15 is 0 Å². The summed E-state index contributed by atoms with van der Waals surface area (Å²) in [4.78, 5) is 24.4. The van der Waals surface area contributed by atoms with Crippen LogP contribution in [0.2, 0.25) is 0 Å². The molecule has 3 rings (SSSR count). The number of hydrogen-bond donors (Lipinski definition) is 0. The van der Waals surface area contributed by atoms with Crippen molar-refractivity contribution in [2.24, 2.45) is 12.5 Å². The van der Waals surface area contributed by atoms with Crippen molar-refractivity contribution in [2.45, 2.75) is 13.3 Å². The molecule has 0 saturated carbocycles. The largest absolute Gasteiger partial charge is 0.351 e. The third kappa shape index (κ3) is 1.63. The minimum atomic E-state index is -0.548. The third-order valence-corrected chi connectivity index (χ3v) is 4.32. The summed E-state index contributed by atoms with van der Waals surface area (Å²) in [7, 11) is 1.46. The van der Waals surface area contributed by atoms with E-state index < -0.39 is 5.41 Å². The number of fused-ring (bicyclic) bond motifs is 1. The molecule has 0 bridgehead atoms. The Kier molecular flexibility index (Phi) is 2.69. The Morgan fingerprint density at radius 3 is 1.95 bits per heavy atom. The molecule has 1 aromatic carbocycles. The van der Waals surface area contributed by atoms with Crippen LogP contribution in [-0.4, -0.2) is 13.9 Å². The Labute approximate surface area is 122 Å². The maximum Gasteiger partial charge on any atom is 0.351 e. The molecular weight excluding hydrogens is 266 g/mol. The Bertz CT molecular complexity index is 818. The molecule has 0 fully saturated rings. The molecule has 0 radical (unpaired) electrons. The highest BCUT2D eigenvalue weighted by Gasteiger charge is 2.43. The number of rotatable bonds is 2. The van der Waals surface area contributed by atoms with Gasteiger partial charge in [0.05, 0.1) is 16.8 Å². The highest BCUT2D eigenvalue weighted by molar-refractivity contribution is 5.73. The maximum atomic E-state index is 12.2. The van der Waals surface area contributed by atoms with Crippen molar-refractivity contribution >= 4 is 11.4 Å². The Hall–Kier alpha value is -2.56. The maximum absolute atomic E-state index is 12.2. The van der Waals surface area contributed by atoms with Gasteiger partial charge in [-0.1, -0.05) is 43.5 Å². The van der Waals surface area contributed by atoms with Crippen molar-refractivity contribution < 1.29 is 0 Å². The van der Waals surface area contributed by atoms with Gasteiger partial charge < -0.3 is 0 Å². The summed E-state index contributed by atoms with van der Waals surface area (Å²) in [6.07, 6.45) is 0.642. The Morgan fingerprint density at radius 1 is 1.00 bits per heavy atom. The molecule has 1 aliphatic heterocycles. The second-order valence-electron chi connectivity index (χ2n) is 5.64. The monoisotopic (exact) mass is 283 g/mol. The summed E-state index contributed by atoms with van der Waals surface area (Å²) < 4.78 is 3.72. The van der Waals surface area contributed by atoms with Crippen LogP contribution in [0.3, 0.4) is 0 Å². The molecule has 0 N–H and O–H groups in total.